The number of nitrogens with two attached hydrogens (primary N) is 2. The molecule has 4 aromatic rings. The molecule has 0 bridgehead atoms. The van der Waals surface area contributed by atoms with Crippen molar-refractivity contribution in [1.29, 1.82) is 0 Å². The van der Waals surface area contributed by atoms with Gasteiger partial charge in [-0.1, -0.05) is 57.4 Å². The van der Waals surface area contributed by atoms with E-state index in [2.05, 4.69) is 62.4 Å². The van der Waals surface area contributed by atoms with Crippen LogP contribution in [-0.2, 0) is 5.41 Å². The fraction of sp³-hybridized carbons (Fsp3) is 0.250. The summed E-state index contributed by atoms with van der Waals surface area (Å²) in [5.74, 6) is 3.19. The zero-order valence-electron chi connectivity index (χ0n) is 21.2. The monoisotopic (exact) mass is 480 g/mol. The largest absolute Gasteiger partial charge is 0.457 e. The maximum Gasteiger partial charge on any atom is 0.127 e. The van der Waals surface area contributed by atoms with Gasteiger partial charge in [-0.2, -0.15) is 0 Å². The Morgan fingerprint density at radius 1 is 0.500 bits per heavy atom. The molecule has 0 amide bonds. The van der Waals surface area contributed by atoms with Crippen LogP contribution in [0.3, 0.4) is 0 Å². The Morgan fingerprint density at radius 3 is 1.19 bits per heavy atom. The molecule has 4 rings (SSSR count). The fourth-order valence-corrected chi connectivity index (χ4v) is 4.80. The summed E-state index contributed by atoms with van der Waals surface area (Å²) in [7, 11) is 0. The van der Waals surface area contributed by atoms with Crippen molar-refractivity contribution in [3.63, 3.8) is 0 Å². The van der Waals surface area contributed by atoms with Gasteiger partial charge in [-0.3, -0.25) is 0 Å². The highest BCUT2D eigenvalue weighted by Gasteiger charge is 2.33. The lowest BCUT2D eigenvalue weighted by molar-refractivity contribution is 0.413. The van der Waals surface area contributed by atoms with Gasteiger partial charge in [0.25, 0.3) is 0 Å². The molecule has 0 heterocycles. The van der Waals surface area contributed by atoms with Crippen LogP contribution in [0.2, 0.25) is 0 Å². The molecule has 0 aliphatic heterocycles. The first-order chi connectivity index (χ1) is 17.5. The van der Waals surface area contributed by atoms with Gasteiger partial charge in [-0.15, -0.1) is 0 Å². The van der Waals surface area contributed by atoms with E-state index in [1.54, 1.807) is 0 Å². The summed E-state index contributed by atoms with van der Waals surface area (Å²) in [4.78, 5) is 0. The van der Waals surface area contributed by atoms with E-state index in [-0.39, 0.29) is 5.41 Å². The molecule has 0 radical (unpaired) electrons. The Bertz CT molecular complexity index is 1120. The van der Waals surface area contributed by atoms with Crippen LogP contribution in [0.1, 0.15) is 57.1 Å². The SMILES string of the molecule is CCCCC(CCC)(c1ccc(Oc2ccc(N)cc2)cc1)c1ccc(Oc2ccc(N)cc2)cc1. The van der Waals surface area contributed by atoms with Gasteiger partial charge in [0.05, 0.1) is 0 Å². The lowest BCUT2D eigenvalue weighted by atomic mass is 9.68. The number of ether oxygens (including phenoxy) is 2. The molecule has 0 aliphatic carbocycles. The third-order valence-electron chi connectivity index (χ3n) is 6.68. The van der Waals surface area contributed by atoms with Crippen molar-refractivity contribution in [3.8, 4) is 23.0 Å². The van der Waals surface area contributed by atoms with Gasteiger partial charge in [-0.05, 0) is 96.8 Å². The molecular formula is C32H36N2O2. The molecule has 36 heavy (non-hydrogen) atoms. The number of hydrogen-bond donors (Lipinski definition) is 2. The minimum absolute atomic E-state index is 0.0653. The summed E-state index contributed by atoms with van der Waals surface area (Å²) < 4.78 is 12.1. The molecule has 4 aromatic carbocycles. The molecule has 0 aromatic heterocycles. The van der Waals surface area contributed by atoms with Crippen LogP contribution in [0.4, 0.5) is 11.4 Å². The molecule has 186 valence electrons. The fourth-order valence-electron chi connectivity index (χ4n) is 4.80. The van der Waals surface area contributed by atoms with Crippen molar-refractivity contribution in [2.75, 3.05) is 11.5 Å². The Morgan fingerprint density at radius 2 is 0.861 bits per heavy atom. The topological polar surface area (TPSA) is 70.5 Å². The molecule has 4 nitrogen and oxygen atoms in total. The van der Waals surface area contributed by atoms with Gasteiger partial charge >= 0.3 is 0 Å². The van der Waals surface area contributed by atoms with Crippen LogP contribution >= 0.6 is 0 Å². The molecule has 0 atom stereocenters. The zero-order valence-corrected chi connectivity index (χ0v) is 21.2. The lowest BCUT2D eigenvalue weighted by Gasteiger charge is -2.35. The van der Waals surface area contributed by atoms with Crippen LogP contribution in [0.25, 0.3) is 0 Å². The summed E-state index contributed by atoms with van der Waals surface area (Å²) in [5.41, 5.74) is 15.6. The third kappa shape index (κ3) is 6.01. The summed E-state index contributed by atoms with van der Waals surface area (Å²) in [6, 6.07) is 32.1. The minimum atomic E-state index is -0.0653. The molecule has 4 heteroatoms. The highest BCUT2D eigenvalue weighted by Crippen LogP contribution is 2.43. The van der Waals surface area contributed by atoms with Crippen molar-refractivity contribution in [2.45, 2.75) is 51.4 Å². The number of hydrogen-bond acceptors (Lipinski definition) is 4. The summed E-state index contributed by atoms with van der Waals surface area (Å²) >= 11 is 0. The summed E-state index contributed by atoms with van der Waals surface area (Å²) in [6.07, 6.45) is 5.57. The molecule has 0 unspecified atom stereocenters. The molecule has 0 aliphatic rings. The quantitative estimate of drug-likeness (QED) is 0.211. The highest BCUT2D eigenvalue weighted by atomic mass is 16.5. The van der Waals surface area contributed by atoms with Gasteiger partial charge in [-0.25, -0.2) is 0 Å². The Balaban J connectivity index is 1.61. The first-order valence-electron chi connectivity index (χ1n) is 12.8. The van der Waals surface area contributed by atoms with Crippen molar-refractivity contribution in [3.05, 3.63) is 108 Å². The normalized spacial score (nSPS) is 11.3. The molecule has 4 N–H and O–H groups in total. The van der Waals surface area contributed by atoms with E-state index in [0.29, 0.717) is 0 Å². The van der Waals surface area contributed by atoms with E-state index in [1.165, 1.54) is 11.1 Å². The van der Waals surface area contributed by atoms with Crippen LogP contribution in [-0.4, -0.2) is 0 Å². The first-order valence-corrected chi connectivity index (χ1v) is 12.8. The van der Waals surface area contributed by atoms with Crippen molar-refractivity contribution < 1.29 is 9.47 Å². The van der Waals surface area contributed by atoms with Crippen molar-refractivity contribution in [2.24, 2.45) is 0 Å². The minimum Gasteiger partial charge on any atom is -0.457 e. The van der Waals surface area contributed by atoms with E-state index in [1.807, 2.05) is 48.5 Å². The maximum absolute atomic E-state index is 6.05. The van der Waals surface area contributed by atoms with Crippen LogP contribution in [0.5, 0.6) is 23.0 Å². The van der Waals surface area contributed by atoms with E-state index >= 15 is 0 Å². The summed E-state index contributed by atoms with van der Waals surface area (Å²) in [5, 5.41) is 0. The average Bonchev–Trinajstić information content (AvgIpc) is 2.90. The number of benzene rings is 4. The lowest BCUT2D eigenvalue weighted by Crippen LogP contribution is -2.27. The third-order valence-corrected chi connectivity index (χ3v) is 6.68. The molecule has 0 spiro atoms. The van der Waals surface area contributed by atoms with E-state index in [4.69, 9.17) is 20.9 Å². The highest BCUT2D eigenvalue weighted by molar-refractivity contribution is 5.47. The number of unbranched alkanes of at least 4 members (excludes halogenated alkanes) is 1. The molecule has 0 saturated carbocycles. The van der Waals surface area contributed by atoms with Crippen LogP contribution < -0.4 is 20.9 Å². The Labute approximate surface area is 214 Å². The van der Waals surface area contributed by atoms with Crippen molar-refractivity contribution in [1.82, 2.24) is 0 Å². The zero-order chi connectivity index (χ0) is 25.4. The van der Waals surface area contributed by atoms with Gasteiger partial charge in [0.1, 0.15) is 23.0 Å². The average molecular weight is 481 g/mol. The van der Waals surface area contributed by atoms with Crippen LogP contribution in [0.15, 0.2) is 97.1 Å². The molecular weight excluding hydrogens is 444 g/mol. The van der Waals surface area contributed by atoms with Gasteiger partial charge in [0.2, 0.25) is 0 Å². The standard InChI is InChI=1S/C32H36N2O2/c1-3-5-23-32(22-4-2,24-6-14-28(15-7-24)35-30-18-10-26(33)11-19-30)25-8-16-29(17-9-25)36-31-20-12-27(34)13-21-31/h6-21H,3-5,22-23,33-34H2,1-2H3. The van der Waals surface area contributed by atoms with Gasteiger partial charge in [0.15, 0.2) is 0 Å². The van der Waals surface area contributed by atoms with Gasteiger partial charge in [0, 0.05) is 16.8 Å². The van der Waals surface area contributed by atoms with E-state index in [0.717, 1.165) is 66.5 Å². The van der Waals surface area contributed by atoms with E-state index < -0.39 is 0 Å². The number of rotatable bonds is 11. The predicted octanol–water partition coefficient (Wildman–Crippen LogP) is 8.71. The second-order valence-corrected chi connectivity index (χ2v) is 9.33. The molecule has 0 fully saturated rings. The Kier molecular flexibility index (Phi) is 8.17. The Hall–Kier alpha value is -3.92. The smallest absolute Gasteiger partial charge is 0.127 e. The predicted molar refractivity (Wildman–Crippen MR) is 150 cm³/mol. The van der Waals surface area contributed by atoms with Crippen LogP contribution in [0, 0.1) is 0 Å². The van der Waals surface area contributed by atoms with Crippen molar-refractivity contribution >= 4 is 11.4 Å². The van der Waals surface area contributed by atoms with Gasteiger partial charge < -0.3 is 20.9 Å². The second kappa shape index (κ2) is 11.7. The number of anilines is 2. The second-order valence-electron chi connectivity index (χ2n) is 9.33. The molecule has 0 saturated heterocycles. The summed E-state index contributed by atoms with van der Waals surface area (Å²) in [6.45, 7) is 4.52. The van der Waals surface area contributed by atoms with E-state index in [9.17, 15) is 0 Å². The number of nitrogen functional groups attached to an aromatic ring is 2. The maximum atomic E-state index is 6.05. The first kappa shape index (κ1) is 25.2.